The summed E-state index contributed by atoms with van der Waals surface area (Å²) in [7, 11) is 3.25. The number of benzene rings is 2. The number of fused-ring (bicyclic) bond motifs is 1. The molecule has 0 radical (unpaired) electrons. The van der Waals surface area contributed by atoms with Crippen molar-refractivity contribution in [2.75, 3.05) is 14.2 Å². The van der Waals surface area contributed by atoms with E-state index < -0.39 is 0 Å². The molecule has 0 N–H and O–H groups in total. The Labute approximate surface area is 159 Å². The molecule has 0 saturated carbocycles. The van der Waals surface area contributed by atoms with Gasteiger partial charge in [0.2, 0.25) is 4.96 Å². The summed E-state index contributed by atoms with van der Waals surface area (Å²) in [5, 5.41) is 14.7. The molecule has 4 aromatic rings. The highest BCUT2D eigenvalue weighted by atomic mass is 35.5. The summed E-state index contributed by atoms with van der Waals surface area (Å²) in [4.78, 5) is 0.746. The maximum Gasteiger partial charge on any atom is 0.234 e. The van der Waals surface area contributed by atoms with Crippen molar-refractivity contribution in [2.24, 2.45) is 0 Å². The summed E-state index contributed by atoms with van der Waals surface area (Å²) < 4.78 is 12.4. The van der Waals surface area contributed by atoms with Crippen molar-refractivity contribution in [1.29, 1.82) is 0 Å². The Bertz CT molecular complexity index is 1080. The van der Waals surface area contributed by atoms with Gasteiger partial charge >= 0.3 is 0 Å². The zero-order chi connectivity index (χ0) is 18.1. The molecule has 0 amide bonds. The van der Waals surface area contributed by atoms with E-state index in [9.17, 15) is 0 Å². The molecule has 0 aliphatic carbocycles. The maximum absolute atomic E-state index is 6.08. The molecular formula is C18H15ClN4O2S. The van der Waals surface area contributed by atoms with Crippen LogP contribution in [0.3, 0.4) is 0 Å². The van der Waals surface area contributed by atoms with Crippen molar-refractivity contribution in [3.05, 3.63) is 58.1 Å². The average Bonchev–Trinajstić information content (AvgIpc) is 3.21. The zero-order valence-electron chi connectivity index (χ0n) is 14.1. The van der Waals surface area contributed by atoms with Gasteiger partial charge < -0.3 is 9.47 Å². The second-order valence-corrected chi connectivity index (χ2v) is 7.07. The molecular weight excluding hydrogens is 372 g/mol. The van der Waals surface area contributed by atoms with E-state index in [0.717, 1.165) is 21.1 Å². The average molecular weight is 387 g/mol. The first-order chi connectivity index (χ1) is 12.7. The first-order valence-corrected chi connectivity index (χ1v) is 9.05. The molecule has 8 heteroatoms. The monoisotopic (exact) mass is 386 g/mol. The molecule has 0 spiro atoms. The van der Waals surface area contributed by atoms with Crippen molar-refractivity contribution in [3.63, 3.8) is 0 Å². The van der Waals surface area contributed by atoms with Crippen LogP contribution in [-0.4, -0.2) is 34.0 Å². The van der Waals surface area contributed by atoms with Crippen LogP contribution in [-0.2, 0) is 6.42 Å². The normalized spacial score (nSPS) is 11.0. The topological polar surface area (TPSA) is 61.5 Å². The molecule has 0 bridgehead atoms. The van der Waals surface area contributed by atoms with Crippen LogP contribution < -0.4 is 9.47 Å². The maximum atomic E-state index is 6.08. The number of rotatable bonds is 5. The van der Waals surface area contributed by atoms with Crippen LogP contribution in [0.2, 0.25) is 5.02 Å². The van der Waals surface area contributed by atoms with E-state index in [0.29, 0.717) is 28.8 Å². The van der Waals surface area contributed by atoms with Crippen molar-refractivity contribution >= 4 is 27.9 Å². The van der Waals surface area contributed by atoms with Gasteiger partial charge in [-0.15, -0.1) is 10.2 Å². The molecule has 0 unspecified atom stereocenters. The van der Waals surface area contributed by atoms with Gasteiger partial charge in [-0.05, 0) is 29.8 Å². The minimum Gasteiger partial charge on any atom is -0.493 e. The highest BCUT2D eigenvalue weighted by Crippen LogP contribution is 2.30. The lowest BCUT2D eigenvalue weighted by atomic mass is 10.1. The number of halogens is 1. The lowest BCUT2D eigenvalue weighted by molar-refractivity contribution is 0.354. The highest BCUT2D eigenvalue weighted by Gasteiger charge is 2.14. The lowest BCUT2D eigenvalue weighted by Crippen LogP contribution is -1.95. The van der Waals surface area contributed by atoms with Crippen molar-refractivity contribution in [2.45, 2.75) is 6.42 Å². The van der Waals surface area contributed by atoms with Gasteiger partial charge in [-0.1, -0.05) is 41.1 Å². The fraction of sp³-hybridized carbons (Fsp3) is 0.167. The van der Waals surface area contributed by atoms with Crippen LogP contribution in [0.4, 0.5) is 0 Å². The molecule has 132 valence electrons. The summed E-state index contributed by atoms with van der Waals surface area (Å²) in [6, 6.07) is 13.4. The van der Waals surface area contributed by atoms with E-state index in [2.05, 4.69) is 15.3 Å². The molecule has 2 aromatic carbocycles. The van der Waals surface area contributed by atoms with Gasteiger partial charge in [0.25, 0.3) is 0 Å². The Kier molecular flexibility index (Phi) is 4.48. The fourth-order valence-electron chi connectivity index (χ4n) is 2.70. The van der Waals surface area contributed by atoms with Gasteiger partial charge in [0.1, 0.15) is 5.01 Å². The lowest BCUT2D eigenvalue weighted by Gasteiger charge is -2.08. The molecule has 0 fully saturated rings. The quantitative estimate of drug-likeness (QED) is 0.516. The number of nitrogens with zero attached hydrogens (tertiary/aromatic N) is 4. The number of methoxy groups -OCH3 is 2. The van der Waals surface area contributed by atoms with Gasteiger partial charge in [-0.3, -0.25) is 0 Å². The van der Waals surface area contributed by atoms with E-state index in [1.165, 1.54) is 11.3 Å². The zero-order valence-corrected chi connectivity index (χ0v) is 15.7. The van der Waals surface area contributed by atoms with Gasteiger partial charge in [-0.25, -0.2) is 0 Å². The van der Waals surface area contributed by atoms with Crippen LogP contribution in [0.15, 0.2) is 42.5 Å². The molecule has 0 aliphatic heterocycles. The number of ether oxygens (including phenoxy) is 2. The molecule has 2 heterocycles. The Morgan fingerprint density at radius 3 is 2.65 bits per heavy atom. The summed E-state index contributed by atoms with van der Waals surface area (Å²) in [6.45, 7) is 0. The molecule has 2 aromatic heterocycles. The molecule has 0 atom stereocenters. The molecule has 0 aliphatic rings. The van der Waals surface area contributed by atoms with E-state index in [4.69, 9.17) is 21.1 Å². The summed E-state index contributed by atoms with van der Waals surface area (Å²) in [5.74, 6) is 2.09. The minimum absolute atomic E-state index is 0.653. The van der Waals surface area contributed by atoms with Crippen molar-refractivity contribution in [3.8, 4) is 22.9 Å². The Morgan fingerprint density at radius 2 is 1.88 bits per heavy atom. The second kappa shape index (κ2) is 6.93. The Morgan fingerprint density at radius 1 is 1.04 bits per heavy atom. The number of hydrogen-bond donors (Lipinski definition) is 0. The van der Waals surface area contributed by atoms with Gasteiger partial charge in [0.15, 0.2) is 17.3 Å². The van der Waals surface area contributed by atoms with E-state index in [1.807, 2.05) is 42.5 Å². The molecule has 0 saturated heterocycles. The summed E-state index contributed by atoms with van der Waals surface area (Å²) in [6.07, 6.45) is 0.670. The van der Waals surface area contributed by atoms with E-state index in [-0.39, 0.29) is 0 Å². The standard InChI is InChI=1S/C18H15ClN4O2S/c1-24-14-7-6-11(8-15(14)25-2)9-16-22-23-17(20-21-18(23)26-16)12-4-3-5-13(19)10-12/h3-8,10H,9H2,1-2H3. The van der Waals surface area contributed by atoms with Crippen molar-refractivity contribution in [1.82, 2.24) is 19.8 Å². The Balaban J connectivity index is 1.67. The predicted octanol–water partition coefficient (Wildman–Crippen LogP) is 4.11. The third-order valence-corrected chi connectivity index (χ3v) is 5.05. The first-order valence-electron chi connectivity index (χ1n) is 7.86. The van der Waals surface area contributed by atoms with Crippen LogP contribution in [0.25, 0.3) is 16.3 Å². The summed E-state index contributed by atoms with van der Waals surface area (Å²) >= 11 is 7.59. The van der Waals surface area contributed by atoms with Gasteiger partial charge in [0.05, 0.1) is 14.2 Å². The van der Waals surface area contributed by atoms with E-state index >= 15 is 0 Å². The first kappa shape index (κ1) is 16.8. The van der Waals surface area contributed by atoms with Crippen LogP contribution in [0, 0.1) is 0 Å². The predicted molar refractivity (Wildman–Crippen MR) is 101 cm³/mol. The van der Waals surface area contributed by atoms with Crippen molar-refractivity contribution < 1.29 is 9.47 Å². The Hall–Kier alpha value is -2.64. The van der Waals surface area contributed by atoms with Crippen LogP contribution in [0.5, 0.6) is 11.5 Å². The highest BCUT2D eigenvalue weighted by molar-refractivity contribution is 7.16. The molecule has 4 rings (SSSR count). The third kappa shape index (κ3) is 3.11. The van der Waals surface area contributed by atoms with E-state index in [1.54, 1.807) is 18.7 Å². The third-order valence-electron chi connectivity index (χ3n) is 3.92. The minimum atomic E-state index is 0.653. The number of hydrogen-bond acceptors (Lipinski definition) is 6. The smallest absolute Gasteiger partial charge is 0.234 e. The SMILES string of the molecule is COc1ccc(Cc2nn3c(-c4cccc(Cl)c4)nnc3s2)cc1OC. The summed E-state index contributed by atoms with van der Waals surface area (Å²) in [5.41, 5.74) is 1.96. The number of aromatic nitrogens is 4. The van der Waals surface area contributed by atoms with Crippen LogP contribution >= 0.6 is 22.9 Å². The van der Waals surface area contributed by atoms with Gasteiger partial charge in [-0.2, -0.15) is 9.61 Å². The molecule has 26 heavy (non-hydrogen) atoms. The van der Waals surface area contributed by atoms with Crippen LogP contribution in [0.1, 0.15) is 10.6 Å². The van der Waals surface area contributed by atoms with Gasteiger partial charge in [0, 0.05) is 17.0 Å². The largest absolute Gasteiger partial charge is 0.493 e. The fourth-order valence-corrected chi connectivity index (χ4v) is 3.76. The molecule has 6 nitrogen and oxygen atoms in total. The second-order valence-electron chi connectivity index (χ2n) is 5.59.